The highest BCUT2D eigenvalue weighted by molar-refractivity contribution is 7.57. The summed E-state index contributed by atoms with van der Waals surface area (Å²) in [4.78, 5) is 0. The third-order valence-corrected chi connectivity index (χ3v) is 4.27. The van der Waals surface area contributed by atoms with Gasteiger partial charge in [0, 0.05) is 20.4 Å². The van der Waals surface area contributed by atoms with Gasteiger partial charge in [-0.2, -0.15) is 0 Å². The first-order chi connectivity index (χ1) is 7.80. The van der Waals surface area contributed by atoms with Crippen LogP contribution in [0.25, 0.3) is 0 Å². The van der Waals surface area contributed by atoms with Crippen molar-refractivity contribution in [3.63, 3.8) is 0 Å². The van der Waals surface area contributed by atoms with Crippen LogP contribution in [0.3, 0.4) is 0 Å². The van der Waals surface area contributed by atoms with E-state index in [9.17, 15) is 4.57 Å². The Labute approximate surface area is 104 Å². The highest BCUT2D eigenvalue weighted by Crippen LogP contribution is 2.45. The van der Waals surface area contributed by atoms with Gasteiger partial charge in [0.1, 0.15) is 6.10 Å². The summed E-state index contributed by atoms with van der Waals surface area (Å²) in [6, 6.07) is 0. The summed E-state index contributed by atoms with van der Waals surface area (Å²) in [5.41, 5.74) is 0. The highest BCUT2D eigenvalue weighted by atomic mass is 31.2. The molecule has 1 aliphatic heterocycles. The lowest BCUT2D eigenvalue weighted by Crippen LogP contribution is -2.50. The van der Waals surface area contributed by atoms with Crippen molar-refractivity contribution < 1.29 is 18.6 Å². The molecule has 102 valence electrons. The van der Waals surface area contributed by atoms with E-state index < -0.39 is 13.7 Å². The van der Waals surface area contributed by atoms with E-state index in [1.807, 2.05) is 0 Å². The summed E-state index contributed by atoms with van der Waals surface area (Å²) < 4.78 is 28.7. The van der Waals surface area contributed by atoms with Crippen molar-refractivity contribution in [2.24, 2.45) is 11.8 Å². The molecule has 1 aliphatic rings. The van der Waals surface area contributed by atoms with Gasteiger partial charge in [0.25, 0.3) is 0 Å². The standard InChI is InChI=1S/C12H25O4P/c1-7-10-8(2)9(3)11(12(14-4)15-10)16-17(5,6)13/h8-12H,7H2,1-6H3. The Morgan fingerprint density at radius 2 is 1.82 bits per heavy atom. The van der Waals surface area contributed by atoms with Crippen LogP contribution in [0, 0.1) is 11.8 Å². The van der Waals surface area contributed by atoms with Gasteiger partial charge in [-0.25, -0.2) is 0 Å². The number of hydrogen-bond donors (Lipinski definition) is 0. The predicted octanol–water partition coefficient (Wildman–Crippen LogP) is 2.96. The van der Waals surface area contributed by atoms with E-state index >= 15 is 0 Å². The van der Waals surface area contributed by atoms with Crippen LogP contribution in [0.2, 0.25) is 0 Å². The lowest BCUT2D eigenvalue weighted by Gasteiger charge is -2.44. The first kappa shape index (κ1) is 15.2. The minimum atomic E-state index is -2.54. The first-order valence-corrected chi connectivity index (χ1v) is 8.73. The molecule has 0 N–H and O–H groups in total. The van der Waals surface area contributed by atoms with Gasteiger partial charge in [0.15, 0.2) is 13.7 Å². The predicted molar refractivity (Wildman–Crippen MR) is 68.6 cm³/mol. The van der Waals surface area contributed by atoms with Crippen molar-refractivity contribution in [1.82, 2.24) is 0 Å². The molecule has 0 bridgehead atoms. The average molecular weight is 264 g/mol. The molecule has 0 aromatic heterocycles. The molecule has 0 spiro atoms. The topological polar surface area (TPSA) is 44.8 Å². The minimum absolute atomic E-state index is 0.183. The molecule has 0 aromatic rings. The fourth-order valence-electron chi connectivity index (χ4n) is 2.36. The van der Waals surface area contributed by atoms with Crippen molar-refractivity contribution in [2.75, 3.05) is 20.4 Å². The summed E-state index contributed by atoms with van der Waals surface area (Å²) in [5.74, 6) is 0.648. The lowest BCUT2D eigenvalue weighted by molar-refractivity contribution is -0.254. The number of methoxy groups -OCH3 is 1. The smallest absolute Gasteiger partial charge is 0.197 e. The van der Waals surface area contributed by atoms with E-state index in [-0.39, 0.29) is 18.1 Å². The van der Waals surface area contributed by atoms with Crippen LogP contribution < -0.4 is 0 Å². The molecular formula is C12H25O4P. The first-order valence-electron chi connectivity index (χ1n) is 6.21. The average Bonchev–Trinajstić information content (AvgIpc) is 2.24. The zero-order valence-electron chi connectivity index (χ0n) is 11.7. The van der Waals surface area contributed by atoms with E-state index in [1.54, 1.807) is 20.4 Å². The molecule has 1 fully saturated rings. The van der Waals surface area contributed by atoms with Crippen molar-refractivity contribution in [3.8, 4) is 0 Å². The summed E-state index contributed by atoms with van der Waals surface area (Å²) in [7, 11) is -0.933. The second-order valence-corrected chi connectivity index (χ2v) is 7.94. The van der Waals surface area contributed by atoms with Crippen molar-refractivity contribution >= 4 is 7.37 Å². The van der Waals surface area contributed by atoms with Crippen LogP contribution >= 0.6 is 7.37 Å². The molecule has 0 saturated carbocycles. The van der Waals surface area contributed by atoms with Crippen LogP contribution in [-0.2, 0) is 18.6 Å². The lowest BCUT2D eigenvalue weighted by atomic mass is 9.83. The van der Waals surface area contributed by atoms with Gasteiger partial charge in [0.2, 0.25) is 0 Å². The third kappa shape index (κ3) is 3.78. The van der Waals surface area contributed by atoms with Crippen LogP contribution in [0.15, 0.2) is 0 Å². The van der Waals surface area contributed by atoms with E-state index in [2.05, 4.69) is 20.8 Å². The van der Waals surface area contributed by atoms with Crippen LogP contribution in [0.5, 0.6) is 0 Å². The van der Waals surface area contributed by atoms with Gasteiger partial charge < -0.3 is 14.0 Å². The SMILES string of the molecule is CCC1OC(OC)C(OP(C)(C)=O)C(C)C1C. The number of rotatable bonds is 4. The molecule has 1 saturated heterocycles. The van der Waals surface area contributed by atoms with Gasteiger partial charge in [-0.05, 0) is 18.3 Å². The van der Waals surface area contributed by atoms with Crippen molar-refractivity contribution in [3.05, 3.63) is 0 Å². The van der Waals surface area contributed by atoms with Gasteiger partial charge in [0.05, 0.1) is 6.10 Å². The Kier molecular flexibility index (Phi) is 5.21. The Balaban J connectivity index is 2.83. The van der Waals surface area contributed by atoms with Gasteiger partial charge in [-0.15, -0.1) is 0 Å². The van der Waals surface area contributed by atoms with E-state index in [0.29, 0.717) is 5.92 Å². The molecule has 4 nitrogen and oxygen atoms in total. The molecule has 17 heavy (non-hydrogen) atoms. The molecule has 1 heterocycles. The molecule has 5 unspecified atom stereocenters. The highest BCUT2D eigenvalue weighted by Gasteiger charge is 2.43. The Hall–Kier alpha value is 0.110. The van der Waals surface area contributed by atoms with E-state index in [1.165, 1.54) is 0 Å². The Morgan fingerprint density at radius 3 is 2.24 bits per heavy atom. The largest absolute Gasteiger partial charge is 0.353 e. The molecular weight excluding hydrogens is 239 g/mol. The summed E-state index contributed by atoms with van der Waals surface area (Å²) in [6.45, 7) is 9.62. The monoisotopic (exact) mass is 264 g/mol. The molecule has 0 aromatic carbocycles. The van der Waals surface area contributed by atoms with Gasteiger partial charge >= 0.3 is 0 Å². The van der Waals surface area contributed by atoms with Crippen molar-refractivity contribution in [2.45, 2.75) is 45.7 Å². The molecule has 0 aliphatic carbocycles. The maximum Gasteiger partial charge on any atom is 0.197 e. The molecule has 0 radical (unpaired) electrons. The second-order valence-electron chi connectivity index (χ2n) is 5.23. The maximum absolute atomic E-state index is 11.8. The molecule has 0 amide bonds. The molecule has 5 heteroatoms. The Morgan fingerprint density at radius 1 is 1.24 bits per heavy atom. The van der Waals surface area contributed by atoms with Crippen LogP contribution in [0.4, 0.5) is 0 Å². The fraction of sp³-hybridized carbons (Fsp3) is 1.00. The molecule has 5 atom stereocenters. The summed E-state index contributed by atoms with van der Waals surface area (Å²) in [6.07, 6.45) is 0.467. The summed E-state index contributed by atoms with van der Waals surface area (Å²) in [5, 5.41) is 0. The van der Waals surface area contributed by atoms with Crippen molar-refractivity contribution in [1.29, 1.82) is 0 Å². The zero-order valence-corrected chi connectivity index (χ0v) is 12.6. The van der Waals surface area contributed by atoms with Gasteiger partial charge in [-0.1, -0.05) is 20.8 Å². The van der Waals surface area contributed by atoms with E-state index in [0.717, 1.165) is 6.42 Å². The van der Waals surface area contributed by atoms with Crippen LogP contribution in [-0.4, -0.2) is 38.9 Å². The second kappa shape index (κ2) is 5.83. The molecule has 1 rings (SSSR count). The Bertz CT molecular complexity index is 286. The third-order valence-electron chi connectivity index (χ3n) is 3.52. The maximum atomic E-state index is 11.8. The quantitative estimate of drug-likeness (QED) is 0.732. The van der Waals surface area contributed by atoms with Crippen LogP contribution in [0.1, 0.15) is 27.2 Å². The number of ether oxygens (including phenoxy) is 2. The zero-order chi connectivity index (χ0) is 13.2. The normalized spacial score (nSPS) is 39.3. The number of hydrogen-bond acceptors (Lipinski definition) is 4. The fourth-order valence-corrected chi connectivity index (χ4v) is 3.23. The summed E-state index contributed by atoms with van der Waals surface area (Å²) >= 11 is 0. The van der Waals surface area contributed by atoms with E-state index in [4.69, 9.17) is 14.0 Å². The minimum Gasteiger partial charge on any atom is -0.353 e. The van der Waals surface area contributed by atoms with Gasteiger partial charge in [-0.3, -0.25) is 4.57 Å².